The number of nitrogens with one attached hydrogen (secondary N) is 1. The number of hydrogen-bond donors (Lipinski definition) is 2. The number of carbonyl (C=O) groups is 1. The number of nitrogens with zero attached hydrogens (tertiary/aromatic N) is 1. The van der Waals surface area contributed by atoms with Crippen molar-refractivity contribution in [3.05, 3.63) is 29.6 Å². The lowest BCUT2D eigenvalue weighted by molar-refractivity contribution is 0.0923. The van der Waals surface area contributed by atoms with E-state index in [1.165, 1.54) is 12.8 Å². The summed E-state index contributed by atoms with van der Waals surface area (Å²) >= 11 is 1.88. The summed E-state index contributed by atoms with van der Waals surface area (Å²) in [5, 5.41) is 12.4. The van der Waals surface area contributed by atoms with Crippen LogP contribution in [-0.4, -0.2) is 40.2 Å². The summed E-state index contributed by atoms with van der Waals surface area (Å²) in [6.07, 6.45) is 8.17. The lowest BCUT2D eigenvalue weighted by Gasteiger charge is -2.28. The molecule has 1 aliphatic carbocycles. The second-order valence-electron chi connectivity index (χ2n) is 5.09. The first kappa shape index (κ1) is 15.9. The summed E-state index contributed by atoms with van der Waals surface area (Å²) in [5.41, 5.74) is 1.11. The zero-order chi connectivity index (χ0) is 15.1. The van der Waals surface area contributed by atoms with Crippen LogP contribution in [0.4, 0.5) is 0 Å². The van der Waals surface area contributed by atoms with Gasteiger partial charge in [0.05, 0.1) is 0 Å². The summed E-state index contributed by atoms with van der Waals surface area (Å²) in [6.45, 7) is -0.180. The normalized spacial score (nSPS) is 21.2. The molecule has 1 aromatic heterocycles. The van der Waals surface area contributed by atoms with Gasteiger partial charge in [-0.05, 0) is 37.7 Å². The molecule has 1 amide bonds. The number of aliphatic hydroxyl groups is 1. The molecule has 2 rings (SSSR count). The van der Waals surface area contributed by atoms with Gasteiger partial charge in [0, 0.05) is 23.1 Å². The van der Waals surface area contributed by atoms with Gasteiger partial charge in [-0.3, -0.25) is 4.79 Å². The molecule has 1 aliphatic rings. The van der Waals surface area contributed by atoms with Gasteiger partial charge < -0.3 is 10.4 Å². The van der Waals surface area contributed by atoms with Crippen LogP contribution >= 0.6 is 11.8 Å². The minimum Gasteiger partial charge on any atom is -0.384 e. The maximum atomic E-state index is 12.2. The van der Waals surface area contributed by atoms with E-state index >= 15 is 0 Å². The quantitative estimate of drug-likeness (QED) is 0.836. The number of aromatic nitrogens is 1. The Labute approximate surface area is 129 Å². The van der Waals surface area contributed by atoms with Gasteiger partial charge >= 0.3 is 0 Å². The highest BCUT2D eigenvalue weighted by atomic mass is 32.2. The number of aliphatic hydroxyl groups excluding tert-OH is 1. The van der Waals surface area contributed by atoms with E-state index in [4.69, 9.17) is 5.11 Å². The van der Waals surface area contributed by atoms with Crippen molar-refractivity contribution in [2.75, 3.05) is 12.9 Å². The summed E-state index contributed by atoms with van der Waals surface area (Å²) in [6, 6.07) is 3.67. The SMILES string of the molecule is CSC1CCCC(NC(=O)c2ccc(C#CCO)cn2)C1. The van der Waals surface area contributed by atoms with Crippen LogP contribution in [0.25, 0.3) is 0 Å². The minimum atomic E-state index is -0.180. The fraction of sp³-hybridized carbons (Fsp3) is 0.500. The topological polar surface area (TPSA) is 62.2 Å². The molecule has 1 aromatic rings. The van der Waals surface area contributed by atoms with Crippen molar-refractivity contribution in [1.29, 1.82) is 0 Å². The highest BCUT2D eigenvalue weighted by molar-refractivity contribution is 7.99. The second-order valence-corrected chi connectivity index (χ2v) is 6.22. The Balaban J connectivity index is 1.93. The van der Waals surface area contributed by atoms with Gasteiger partial charge in [-0.25, -0.2) is 4.98 Å². The van der Waals surface area contributed by atoms with E-state index < -0.39 is 0 Å². The number of pyridine rings is 1. The van der Waals surface area contributed by atoms with Gasteiger partial charge in [-0.2, -0.15) is 11.8 Å². The molecule has 1 heterocycles. The number of amides is 1. The zero-order valence-corrected chi connectivity index (χ0v) is 12.9. The van der Waals surface area contributed by atoms with E-state index in [-0.39, 0.29) is 18.6 Å². The third-order valence-electron chi connectivity index (χ3n) is 3.60. The molecule has 0 bridgehead atoms. The lowest BCUT2D eigenvalue weighted by Crippen LogP contribution is -2.39. The van der Waals surface area contributed by atoms with Crippen molar-refractivity contribution in [3.8, 4) is 11.8 Å². The molecule has 4 nitrogen and oxygen atoms in total. The molecule has 5 heteroatoms. The summed E-state index contributed by atoms with van der Waals surface area (Å²) in [5.74, 6) is 5.19. The molecule has 2 atom stereocenters. The molecule has 2 unspecified atom stereocenters. The molecule has 0 saturated heterocycles. The van der Waals surface area contributed by atoms with Gasteiger partial charge in [0.25, 0.3) is 5.91 Å². The standard InChI is InChI=1S/C16H20N2O2S/c1-21-14-6-2-5-13(10-14)18-16(20)15-8-7-12(11-17-15)4-3-9-19/h7-8,11,13-14,19H,2,5-6,9-10H2,1H3,(H,18,20). The number of thioether (sulfide) groups is 1. The largest absolute Gasteiger partial charge is 0.384 e. The molecular weight excluding hydrogens is 284 g/mol. The van der Waals surface area contributed by atoms with Gasteiger partial charge in [0.1, 0.15) is 12.3 Å². The zero-order valence-electron chi connectivity index (χ0n) is 12.1. The molecule has 0 radical (unpaired) electrons. The predicted octanol–water partition coefficient (Wildman–Crippen LogP) is 1.83. The van der Waals surface area contributed by atoms with E-state index in [0.29, 0.717) is 16.5 Å². The minimum absolute atomic E-state index is 0.122. The number of carbonyl (C=O) groups excluding carboxylic acids is 1. The van der Waals surface area contributed by atoms with E-state index in [2.05, 4.69) is 28.4 Å². The predicted molar refractivity (Wildman–Crippen MR) is 85.2 cm³/mol. The Morgan fingerprint density at radius 2 is 2.38 bits per heavy atom. The van der Waals surface area contributed by atoms with Gasteiger partial charge in [0.2, 0.25) is 0 Å². The van der Waals surface area contributed by atoms with Crippen LogP contribution in [0.1, 0.15) is 41.7 Å². The summed E-state index contributed by atoms with van der Waals surface area (Å²) in [4.78, 5) is 16.3. The van der Waals surface area contributed by atoms with Crippen molar-refractivity contribution in [1.82, 2.24) is 10.3 Å². The second kappa shape index (κ2) is 8.06. The molecule has 0 aliphatic heterocycles. The summed E-state index contributed by atoms with van der Waals surface area (Å²) < 4.78 is 0. The number of rotatable bonds is 3. The van der Waals surface area contributed by atoms with Crippen molar-refractivity contribution in [2.45, 2.75) is 37.0 Å². The Bertz CT molecular complexity index is 533. The first-order valence-electron chi connectivity index (χ1n) is 7.12. The van der Waals surface area contributed by atoms with Crippen LogP contribution in [0, 0.1) is 11.8 Å². The van der Waals surface area contributed by atoms with Crippen molar-refractivity contribution < 1.29 is 9.90 Å². The first-order chi connectivity index (χ1) is 10.2. The lowest BCUT2D eigenvalue weighted by atomic mass is 9.95. The van der Waals surface area contributed by atoms with Crippen LogP contribution in [0.3, 0.4) is 0 Å². The Kier molecular flexibility index (Phi) is 6.09. The van der Waals surface area contributed by atoms with E-state index in [1.54, 1.807) is 18.3 Å². The average Bonchev–Trinajstić information content (AvgIpc) is 2.53. The Morgan fingerprint density at radius 1 is 1.52 bits per heavy atom. The van der Waals surface area contributed by atoms with Crippen LogP contribution < -0.4 is 5.32 Å². The van der Waals surface area contributed by atoms with Crippen molar-refractivity contribution >= 4 is 17.7 Å². The van der Waals surface area contributed by atoms with Crippen LogP contribution in [-0.2, 0) is 0 Å². The smallest absolute Gasteiger partial charge is 0.270 e. The Morgan fingerprint density at radius 3 is 3.05 bits per heavy atom. The van der Waals surface area contributed by atoms with Crippen LogP contribution in [0.2, 0.25) is 0 Å². The van der Waals surface area contributed by atoms with E-state index in [9.17, 15) is 4.79 Å². The number of hydrogen-bond acceptors (Lipinski definition) is 4. The van der Waals surface area contributed by atoms with E-state index in [1.807, 2.05) is 11.8 Å². The van der Waals surface area contributed by atoms with Gasteiger partial charge in [-0.1, -0.05) is 18.3 Å². The maximum Gasteiger partial charge on any atom is 0.270 e. The third-order valence-corrected chi connectivity index (χ3v) is 4.70. The van der Waals surface area contributed by atoms with Gasteiger partial charge in [-0.15, -0.1) is 0 Å². The first-order valence-corrected chi connectivity index (χ1v) is 8.41. The highest BCUT2D eigenvalue weighted by Crippen LogP contribution is 2.26. The van der Waals surface area contributed by atoms with Crippen molar-refractivity contribution in [3.63, 3.8) is 0 Å². The third kappa shape index (κ3) is 4.76. The van der Waals surface area contributed by atoms with Gasteiger partial charge in [0.15, 0.2) is 0 Å². The molecule has 2 N–H and O–H groups in total. The molecule has 112 valence electrons. The molecule has 1 fully saturated rings. The van der Waals surface area contributed by atoms with Crippen LogP contribution in [0.15, 0.2) is 18.3 Å². The van der Waals surface area contributed by atoms with Crippen LogP contribution in [0.5, 0.6) is 0 Å². The van der Waals surface area contributed by atoms with E-state index in [0.717, 1.165) is 12.8 Å². The Hall–Kier alpha value is -1.51. The molecule has 0 aromatic carbocycles. The molecule has 0 spiro atoms. The molecule has 21 heavy (non-hydrogen) atoms. The van der Waals surface area contributed by atoms with Crippen molar-refractivity contribution in [2.24, 2.45) is 0 Å². The molecule has 1 saturated carbocycles. The maximum absolute atomic E-state index is 12.2. The average molecular weight is 304 g/mol. The summed E-state index contributed by atoms with van der Waals surface area (Å²) in [7, 11) is 0. The fourth-order valence-corrected chi connectivity index (χ4v) is 3.32. The monoisotopic (exact) mass is 304 g/mol. The highest BCUT2D eigenvalue weighted by Gasteiger charge is 2.23. The molecular formula is C16H20N2O2S. The fourth-order valence-electron chi connectivity index (χ4n) is 2.49.